The van der Waals surface area contributed by atoms with Crippen LogP contribution in [0.5, 0.6) is 0 Å². The van der Waals surface area contributed by atoms with Crippen LogP contribution in [-0.2, 0) is 4.79 Å². The summed E-state index contributed by atoms with van der Waals surface area (Å²) in [6.45, 7) is 8.44. The zero-order chi connectivity index (χ0) is 10.6. The fourth-order valence-electron chi connectivity index (χ4n) is 2.14. The SMILES string of the molecule is CC(=O)C1CCCCN1CCC(C)C. The fraction of sp³-hybridized carbons (Fsp3) is 0.917. The average Bonchev–Trinajstić information content (AvgIpc) is 2.15. The minimum Gasteiger partial charge on any atom is -0.298 e. The van der Waals surface area contributed by atoms with Crippen molar-refractivity contribution >= 4 is 5.78 Å². The molecule has 1 aliphatic heterocycles. The first-order valence-corrected chi connectivity index (χ1v) is 5.85. The Balaban J connectivity index is 2.42. The van der Waals surface area contributed by atoms with Crippen LogP contribution >= 0.6 is 0 Å². The van der Waals surface area contributed by atoms with Crippen molar-refractivity contribution in [3.63, 3.8) is 0 Å². The van der Waals surface area contributed by atoms with Crippen LogP contribution in [0.15, 0.2) is 0 Å². The standard InChI is InChI=1S/C12H23NO/c1-10(2)7-9-13-8-5-4-6-12(13)11(3)14/h10,12H,4-9H2,1-3H3. The van der Waals surface area contributed by atoms with Gasteiger partial charge in [-0.2, -0.15) is 0 Å². The molecule has 1 heterocycles. The molecule has 0 amide bonds. The highest BCUT2D eigenvalue weighted by Gasteiger charge is 2.25. The number of Topliss-reactive ketones (excluding diaryl/α,β-unsaturated/α-hetero) is 1. The zero-order valence-corrected chi connectivity index (χ0v) is 9.75. The summed E-state index contributed by atoms with van der Waals surface area (Å²) in [5.74, 6) is 1.10. The number of likely N-dealkylation sites (tertiary alicyclic amines) is 1. The van der Waals surface area contributed by atoms with Crippen LogP contribution in [0.2, 0.25) is 0 Å². The van der Waals surface area contributed by atoms with Gasteiger partial charge in [0.25, 0.3) is 0 Å². The molecule has 0 radical (unpaired) electrons. The molecule has 0 bridgehead atoms. The number of carbonyl (C=O) groups excluding carboxylic acids is 1. The number of nitrogens with zero attached hydrogens (tertiary/aromatic N) is 1. The summed E-state index contributed by atoms with van der Waals surface area (Å²) in [6.07, 6.45) is 4.78. The van der Waals surface area contributed by atoms with Gasteiger partial charge in [-0.25, -0.2) is 0 Å². The Kier molecular flexibility index (Phi) is 4.59. The second-order valence-corrected chi connectivity index (χ2v) is 4.84. The Labute approximate surface area is 87.7 Å². The lowest BCUT2D eigenvalue weighted by atomic mass is 9.98. The van der Waals surface area contributed by atoms with Crippen LogP contribution in [0, 0.1) is 5.92 Å². The van der Waals surface area contributed by atoms with E-state index >= 15 is 0 Å². The van der Waals surface area contributed by atoms with Crippen LogP contribution < -0.4 is 0 Å². The maximum absolute atomic E-state index is 11.4. The summed E-state index contributed by atoms with van der Waals surface area (Å²) in [5, 5.41) is 0. The fourth-order valence-corrected chi connectivity index (χ4v) is 2.14. The van der Waals surface area contributed by atoms with E-state index in [0.29, 0.717) is 5.78 Å². The molecule has 0 aromatic rings. The van der Waals surface area contributed by atoms with Crippen LogP contribution in [0.4, 0.5) is 0 Å². The lowest BCUT2D eigenvalue weighted by Crippen LogP contribution is -2.44. The lowest BCUT2D eigenvalue weighted by Gasteiger charge is -2.34. The van der Waals surface area contributed by atoms with Gasteiger partial charge >= 0.3 is 0 Å². The first kappa shape index (κ1) is 11.7. The molecule has 0 aromatic heterocycles. The molecule has 2 nitrogen and oxygen atoms in total. The molecule has 1 fully saturated rings. The van der Waals surface area contributed by atoms with Gasteiger partial charge in [-0.3, -0.25) is 9.69 Å². The minimum atomic E-state index is 0.225. The molecular formula is C12H23NO. The number of ketones is 1. The second kappa shape index (κ2) is 5.50. The van der Waals surface area contributed by atoms with Crippen molar-refractivity contribution < 1.29 is 4.79 Å². The van der Waals surface area contributed by atoms with Crippen molar-refractivity contribution in [2.24, 2.45) is 5.92 Å². The summed E-state index contributed by atoms with van der Waals surface area (Å²) in [6, 6.07) is 0.225. The van der Waals surface area contributed by atoms with Gasteiger partial charge in [-0.05, 0) is 45.2 Å². The summed E-state index contributed by atoms with van der Waals surface area (Å²) in [5.41, 5.74) is 0. The molecule has 0 N–H and O–H groups in total. The van der Waals surface area contributed by atoms with Gasteiger partial charge in [0.05, 0.1) is 6.04 Å². The highest BCUT2D eigenvalue weighted by molar-refractivity contribution is 5.81. The van der Waals surface area contributed by atoms with Crippen molar-refractivity contribution in [3.8, 4) is 0 Å². The predicted molar refractivity (Wildman–Crippen MR) is 59.3 cm³/mol. The van der Waals surface area contributed by atoms with Crippen LogP contribution in [0.1, 0.15) is 46.5 Å². The molecule has 2 heteroatoms. The highest BCUT2D eigenvalue weighted by atomic mass is 16.1. The lowest BCUT2D eigenvalue weighted by molar-refractivity contribution is -0.123. The largest absolute Gasteiger partial charge is 0.298 e. The van der Waals surface area contributed by atoms with Crippen LogP contribution in [-0.4, -0.2) is 29.8 Å². The van der Waals surface area contributed by atoms with Crippen molar-refractivity contribution in [2.45, 2.75) is 52.5 Å². The quantitative estimate of drug-likeness (QED) is 0.690. The topological polar surface area (TPSA) is 20.3 Å². The average molecular weight is 197 g/mol. The normalized spacial score (nSPS) is 24.1. The Morgan fingerprint density at radius 3 is 2.71 bits per heavy atom. The molecule has 0 aliphatic carbocycles. The van der Waals surface area contributed by atoms with Gasteiger partial charge in [0.2, 0.25) is 0 Å². The Morgan fingerprint density at radius 2 is 2.14 bits per heavy atom. The Bertz CT molecular complexity index is 189. The molecule has 1 atom stereocenters. The van der Waals surface area contributed by atoms with E-state index in [-0.39, 0.29) is 6.04 Å². The van der Waals surface area contributed by atoms with Crippen LogP contribution in [0.3, 0.4) is 0 Å². The van der Waals surface area contributed by atoms with Gasteiger partial charge in [0.1, 0.15) is 5.78 Å². The van der Waals surface area contributed by atoms with Gasteiger partial charge < -0.3 is 0 Å². The molecule has 14 heavy (non-hydrogen) atoms. The van der Waals surface area contributed by atoms with Gasteiger partial charge in [0.15, 0.2) is 0 Å². The number of hydrogen-bond acceptors (Lipinski definition) is 2. The minimum absolute atomic E-state index is 0.225. The molecule has 0 spiro atoms. The van der Waals surface area contributed by atoms with Gasteiger partial charge in [-0.1, -0.05) is 20.3 Å². The first-order chi connectivity index (χ1) is 6.61. The Morgan fingerprint density at radius 1 is 1.43 bits per heavy atom. The molecular weight excluding hydrogens is 174 g/mol. The summed E-state index contributed by atoms with van der Waals surface area (Å²) < 4.78 is 0. The summed E-state index contributed by atoms with van der Waals surface area (Å²) in [7, 11) is 0. The van der Waals surface area contributed by atoms with Crippen molar-refractivity contribution in [1.82, 2.24) is 4.90 Å². The zero-order valence-electron chi connectivity index (χ0n) is 9.75. The third-order valence-corrected chi connectivity index (χ3v) is 3.08. The molecule has 1 rings (SSSR count). The van der Waals surface area contributed by atoms with E-state index in [1.807, 2.05) is 0 Å². The molecule has 1 saturated heterocycles. The van der Waals surface area contributed by atoms with Crippen molar-refractivity contribution in [3.05, 3.63) is 0 Å². The van der Waals surface area contributed by atoms with E-state index in [1.165, 1.54) is 19.3 Å². The maximum atomic E-state index is 11.4. The van der Waals surface area contributed by atoms with E-state index < -0.39 is 0 Å². The third-order valence-electron chi connectivity index (χ3n) is 3.08. The van der Waals surface area contributed by atoms with E-state index in [9.17, 15) is 4.79 Å². The first-order valence-electron chi connectivity index (χ1n) is 5.85. The van der Waals surface area contributed by atoms with Crippen molar-refractivity contribution in [1.29, 1.82) is 0 Å². The number of carbonyl (C=O) groups is 1. The summed E-state index contributed by atoms with van der Waals surface area (Å²) in [4.78, 5) is 13.8. The van der Waals surface area contributed by atoms with E-state index in [1.54, 1.807) is 6.92 Å². The maximum Gasteiger partial charge on any atom is 0.146 e. The van der Waals surface area contributed by atoms with Crippen LogP contribution in [0.25, 0.3) is 0 Å². The second-order valence-electron chi connectivity index (χ2n) is 4.84. The monoisotopic (exact) mass is 197 g/mol. The number of piperidine rings is 1. The Hall–Kier alpha value is -0.370. The van der Waals surface area contributed by atoms with E-state index in [0.717, 1.165) is 25.4 Å². The van der Waals surface area contributed by atoms with E-state index in [4.69, 9.17) is 0 Å². The molecule has 0 saturated carbocycles. The van der Waals surface area contributed by atoms with Crippen molar-refractivity contribution in [2.75, 3.05) is 13.1 Å². The molecule has 1 aliphatic rings. The smallest absolute Gasteiger partial charge is 0.146 e. The van der Waals surface area contributed by atoms with Gasteiger partial charge in [-0.15, -0.1) is 0 Å². The van der Waals surface area contributed by atoms with E-state index in [2.05, 4.69) is 18.7 Å². The highest BCUT2D eigenvalue weighted by Crippen LogP contribution is 2.18. The number of rotatable bonds is 4. The summed E-state index contributed by atoms with van der Waals surface area (Å²) >= 11 is 0. The third kappa shape index (κ3) is 3.41. The molecule has 0 aromatic carbocycles. The van der Waals surface area contributed by atoms with Gasteiger partial charge in [0, 0.05) is 0 Å². The predicted octanol–water partition coefficient (Wildman–Crippen LogP) is 2.48. The number of hydrogen-bond donors (Lipinski definition) is 0. The molecule has 82 valence electrons. The molecule has 1 unspecified atom stereocenters.